The summed E-state index contributed by atoms with van der Waals surface area (Å²) in [5, 5.41) is 0. The van der Waals surface area contributed by atoms with Gasteiger partial charge >= 0.3 is 0 Å². The van der Waals surface area contributed by atoms with Gasteiger partial charge in [0.2, 0.25) is 11.6 Å². The number of nitrogens with zero attached hydrogens (tertiary/aromatic N) is 2. The molecule has 2 aromatic carbocycles. The predicted octanol–water partition coefficient (Wildman–Crippen LogP) is -0.497. The van der Waals surface area contributed by atoms with Gasteiger partial charge in [0.15, 0.2) is 5.71 Å². The van der Waals surface area contributed by atoms with Crippen LogP contribution in [0, 0.1) is 10.2 Å². The van der Waals surface area contributed by atoms with E-state index in [1.54, 1.807) is 11.8 Å². The van der Waals surface area contributed by atoms with Gasteiger partial charge in [-0.25, -0.2) is 18.6 Å². The zero-order chi connectivity index (χ0) is 21.8. The number of fused-ring (bicyclic) bond motifs is 1. The molecule has 0 aromatic heterocycles. The lowest BCUT2D eigenvalue weighted by molar-refractivity contribution is -2.00. The van der Waals surface area contributed by atoms with Crippen molar-refractivity contribution in [2.75, 3.05) is 11.9 Å². The average Bonchev–Trinajstić information content (AvgIpc) is 2.82. The van der Waals surface area contributed by atoms with Crippen LogP contribution in [-0.2, 0) is 10.2 Å². The number of para-hydroxylation sites is 2. The Morgan fingerprint density at radius 3 is 2.03 bits per heavy atom. The van der Waals surface area contributed by atoms with Crippen molar-refractivity contribution in [3.63, 3.8) is 0 Å². The van der Waals surface area contributed by atoms with Crippen LogP contribution in [-0.4, -0.2) is 23.2 Å². The van der Waals surface area contributed by atoms with E-state index in [2.05, 4.69) is 55.8 Å². The van der Waals surface area contributed by atoms with Gasteiger partial charge in [-0.3, -0.25) is 9.69 Å². The van der Waals surface area contributed by atoms with Gasteiger partial charge in [0.25, 0.3) is 0 Å². The maximum absolute atomic E-state index is 12.1. The molecule has 1 aliphatic rings. The molecule has 0 bridgehead atoms. The monoisotopic (exact) mass is 418 g/mol. The number of allylic oxidation sites excluding steroid dienone is 1. The Balaban J connectivity index is 0.000000537. The number of benzene rings is 2. The highest BCUT2D eigenvalue weighted by atomic mass is 35.7. The van der Waals surface area contributed by atoms with Crippen molar-refractivity contribution >= 4 is 23.0 Å². The fourth-order valence-electron chi connectivity index (χ4n) is 3.41. The van der Waals surface area contributed by atoms with E-state index in [9.17, 15) is 4.79 Å². The summed E-state index contributed by atoms with van der Waals surface area (Å²) in [7, 11) is -2.87. The van der Waals surface area contributed by atoms with Crippen LogP contribution in [0.4, 0.5) is 11.4 Å². The van der Waals surface area contributed by atoms with Crippen LogP contribution < -0.4 is 23.5 Å². The van der Waals surface area contributed by atoms with Crippen LogP contribution in [0.15, 0.2) is 66.9 Å². The summed E-state index contributed by atoms with van der Waals surface area (Å²) >= 11 is 0. The van der Waals surface area contributed by atoms with Gasteiger partial charge in [-0.2, -0.15) is 4.58 Å². The molecule has 0 fully saturated rings. The van der Waals surface area contributed by atoms with Crippen molar-refractivity contribution < 1.29 is 38.2 Å². The van der Waals surface area contributed by atoms with E-state index >= 15 is 0 Å². The first-order chi connectivity index (χ1) is 13.4. The first kappa shape index (κ1) is 22.7. The number of amides is 1. The Bertz CT molecular complexity index is 928. The van der Waals surface area contributed by atoms with Gasteiger partial charge in [-0.05, 0) is 26.0 Å². The lowest BCUT2D eigenvalue weighted by Gasteiger charge is -2.18. The molecule has 154 valence electrons. The highest BCUT2D eigenvalue weighted by molar-refractivity contribution is 6.04. The number of carbonyl (C=O) groups excluding carboxylic acids is 1. The van der Waals surface area contributed by atoms with Gasteiger partial charge in [0.05, 0.1) is 5.41 Å². The molecule has 2 aromatic rings. The van der Waals surface area contributed by atoms with Crippen LogP contribution >= 0.6 is 0 Å². The number of rotatable bonds is 3. The molecule has 0 aliphatic carbocycles. The van der Waals surface area contributed by atoms with Crippen molar-refractivity contribution in [3.8, 4) is 0 Å². The SMILES string of the molecule is CC(=O)N(C=CC1=[N+](C)c2ccccc2C1(C)C)c1ccccc1.[O-][Cl+3]([O-])([O-])[O-]. The summed E-state index contributed by atoms with van der Waals surface area (Å²) in [6.45, 7) is 6.02. The van der Waals surface area contributed by atoms with Crippen molar-refractivity contribution in [2.24, 2.45) is 0 Å². The van der Waals surface area contributed by atoms with Crippen molar-refractivity contribution in [2.45, 2.75) is 26.2 Å². The van der Waals surface area contributed by atoms with E-state index in [0.29, 0.717) is 0 Å². The second-order valence-electron chi connectivity index (χ2n) is 7.00. The zero-order valence-corrected chi connectivity index (χ0v) is 17.4. The maximum atomic E-state index is 12.1. The predicted molar refractivity (Wildman–Crippen MR) is 99.1 cm³/mol. The molecule has 8 heteroatoms. The molecule has 0 radical (unpaired) electrons. The smallest absolute Gasteiger partial charge is 0.227 e. The van der Waals surface area contributed by atoms with E-state index in [1.165, 1.54) is 17.0 Å². The molecule has 0 saturated carbocycles. The van der Waals surface area contributed by atoms with Crippen molar-refractivity contribution in [1.82, 2.24) is 0 Å². The van der Waals surface area contributed by atoms with Crippen LogP contribution in [0.2, 0.25) is 0 Å². The minimum atomic E-state index is -4.94. The third kappa shape index (κ3) is 5.72. The number of halogens is 1. The third-order valence-corrected chi connectivity index (χ3v) is 4.70. The molecule has 0 unspecified atom stereocenters. The number of carbonyl (C=O) groups is 1. The topological polar surface area (TPSA) is 116 Å². The van der Waals surface area contributed by atoms with Gasteiger partial charge in [0, 0.05) is 36.5 Å². The average molecular weight is 419 g/mol. The first-order valence-corrected chi connectivity index (χ1v) is 10.0. The van der Waals surface area contributed by atoms with Crippen molar-refractivity contribution in [1.29, 1.82) is 0 Å². The van der Waals surface area contributed by atoms with E-state index < -0.39 is 10.2 Å². The highest BCUT2D eigenvalue weighted by Crippen LogP contribution is 2.39. The highest BCUT2D eigenvalue weighted by Gasteiger charge is 2.42. The molecule has 3 rings (SSSR count). The molecule has 0 N–H and O–H groups in total. The molecule has 0 spiro atoms. The van der Waals surface area contributed by atoms with Gasteiger partial charge in [0.1, 0.15) is 7.05 Å². The Morgan fingerprint density at radius 1 is 1.00 bits per heavy atom. The quantitative estimate of drug-likeness (QED) is 0.623. The Hall–Kier alpha value is -2.55. The summed E-state index contributed by atoms with van der Waals surface area (Å²) in [4.78, 5) is 13.7. The Morgan fingerprint density at radius 2 is 1.52 bits per heavy atom. The second-order valence-corrected chi connectivity index (χ2v) is 7.76. The van der Waals surface area contributed by atoms with Gasteiger partial charge in [-0.1, -0.05) is 36.4 Å². The zero-order valence-electron chi connectivity index (χ0n) is 16.7. The largest absolute Gasteiger partial charge is 0.288 e. The fourth-order valence-corrected chi connectivity index (χ4v) is 3.41. The first-order valence-electron chi connectivity index (χ1n) is 8.78. The van der Waals surface area contributed by atoms with Crippen LogP contribution in [0.5, 0.6) is 0 Å². The summed E-state index contributed by atoms with van der Waals surface area (Å²) in [6, 6.07) is 18.1. The maximum Gasteiger partial charge on any atom is 0.227 e. The van der Waals surface area contributed by atoms with E-state index in [4.69, 9.17) is 18.6 Å². The molecule has 1 amide bonds. The van der Waals surface area contributed by atoms with Gasteiger partial charge < -0.3 is 0 Å². The molecule has 7 nitrogen and oxygen atoms in total. The lowest BCUT2D eigenvalue weighted by atomic mass is 9.81. The lowest BCUT2D eigenvalue weighted by Crippen LogP contribution is -2.68. The van der Waals surface area contributed by atoms with Crippen molar-refractivity contribution in [3.05, 3.63) is 72.4 Å². The molecule has 0 saturated heterocycles. The minimum Gasteiger partial charge on any atom is -0.288 e. The standard InChI is InChI=1S/C21H23N2O.ClHO4/c1-16(24)23(17-10-6-5-7-11-17)15-14-20-21(2,3)18-12-8-9-13-19(18)22(20)4;2-1(3,4)5/h5-15H,1-4H3;(H,2,3,4,5)/q+1;/p-1. The second kappa shape index (κ2) is 8.86. The minimum absolute atomic E-state index is 0.00554. The summed E-state index contributed by atoms with van der Waals surface area (Å²) in [5.74, 6) is -0.00554. The summed E-state index contributed by atoms with van der Waals surface area (Å²) in [5.41, 5.74) is 4.47. The van der Waals surface area contributed by atoms with Crippen LogP contribution in [0.3, 0.4) is 0 Å². The summed E-state index contributed by atoms with van der Waals surface area (Å²) in [6.07, 6.45) is 3.92. The molecule has 0 atom stereocenters. The van der Waals surface area contributed by atoms with E-state index in [1.807, 2.05) is 36.5 Å². The summed E-state index contributed by atoms with van der Waals surface area (Å²) < 4.78 is 36.2. The van der Waals surface area contributed by atoms with E-state index in [0.717, 1.165) is 5.69 Å². The van der Waals surface area contributed by atoms with E-state index in [-0.39, 0.29) is 11.3 Å². The molecule has 1 aliphatic heterocycles. The number of hydrogen-bond acceptors (Lipinski definition) is 5. The van der Waals surface area contributed by atoms with Crippen LogP contribution in [0.25, 0.3) is 0 Å². The molecular weight excluding hydrogens is 396 g/mol. The molecular formula is C21H23ClN2O5. The Kier molecular flexibility index (Phi) is 6.94. The number of anilines is 1. The molecule has 1 heterocycles. The van der Waals surface area contributed by atoms with Gasteiger partial charge in [-0.15, -0.1) is 10.2 Å². The molecule has 29 heavy (non-hydrogen) atoms. The number of hydrogen-bond donors (Lipinski definition) is 0. The third-order valence-electron chi connectivity index (χ3n) is 4.70. The Labute approximate surface area is 172 Å². The normalized spacial score (nSPS) is 15.0. The van der Waals surface area contributed by atoms with Crippen LogP contribution in [0.1, 0.15) is 26.3 Å². The fraction of sp³-hybridized carbons (Fsp3) is 0.238.